The van der Waals surface area contributed by atoms with E-state index in [1.165, 1.54) is 0 Å². The highest BCUT2D eigenvalue weighted by Gasteiger charge is 2.25. The number of halogens is 1. The van der Waals surface area contributed by atoms with Crippen LogP contribution in [0.2, 0.25) is 0 Å². The second-order valence-electron chi connectivity index (χ2n) is 5.52. The topological polar surface area (TPSA) is 69.9 Å². The molecule has 116 valence electrons. The minimum Gasteiger partial charge on any atom is -0.339 e. The molecule has 0 aromatic carbocycles. The van der Waals surface area contributed by atoms with Crippen molar-refractivity contribution in [2.75, 3.05) is 45.8 Å². The van der Waals surface area contributed by atoms with E-state index in [-0.39, 0.29) is 30.3 Å². The van der Waals surface area contributed by atoms with E-state index in [9.17, 15) is 9.59 Å². The minimum absolute atomic E-state index is 0. The van der Waals surface area contributed by atoms with Crippen LogP contribution in [0.15, 0.2) is 0 Å². The number of nitrogens with zero attached hydrogens (tertiary/aromatic N) is 3. The summed E-state index contributed by atoms with van der Waals surface area (Å²) < 4.78 is 0. The van der Waals surface area contributed by atoms with Crippen molar-refractivity contribution in [2.45, 2.75) is 25.8 Å². The van der Waals surface area contributed by atoms with E-state index in [1.807, 2.05) is 4.90 Å². The van der Waals surface area contributed by atoms with E-state index in [1.54, 1.807) is 11.8 Å². The van der Waals surface area contributed by atoms with E-state index in [2.05, 4.69) is 4.90 Å². The number of hydrogen-bond acceptors (Lipinski definition) is 4. The van der Waals surface area contributed by atoms with Crippen molar-refractivity contribution in [3.8, 4) is 0 Å². The molecule has 2 saturated heterocycles. The molecule has 6 nitrogen and oxygen atoms in total. The molecule has 1 unspecified atom stereocenters. The largest absolute Gasteiger partial charge is 0.339 e. The van der Waals surface area contributed by atoms with Gasteiger partial charge in [-0.25, -0.2) is 0 Å². The number of carbonyl (C=O) groups excluding carboxylic acids is 2. The first-order chi connectivity index (χ1) is 9.06. The summed E-state index contributed by atoms with van der Waals surface area (Å²) in [5, 5.41) is 0. The van der Waals surface area contributed by atoms with Crippen molar-refractivity contribution in [1.82, 2.24) is 14.7 Å². The smallest absolute Gasteiger partial charge is 0.236 e. The van der Waals surface area contributed by atoms with Gasteiger partial charge in [0.25, 0.3) is 0 Å². The molecule has 0 bridgehead atoms. The van der Waals surface area contributed by atoms with Crippen molar-refractivity contribution < 1.29 is 9.59 Å². The molecule has 1 atom stereocenters. The van der Waals surface area contributed by atoms with Crippen LogP contribution in [0, 0.1) is 0 Å². The molecule has 0 radical (unpaired) electrons. The molecule has 2 aliphatic rings. The zero-order valence-corrected chi connectivity index (χ0v) is 12.9. The summed E-state index contributed by atoms with van der Waals surface area (Å²) in [4.78, 5) is 29.2. The SMILES string of the molecule is CC(=O)N1CCN(C(=O)CN2CCCC(N)C2)CC1.Cl. The Kier molecular flexibility index (Phi) is 6.71. The summed E-state index contributed by atoms with van der Waals surface area (Å²) >= 11 is 0. The maximum atomic E-state index is 12.2. The molecule has 2 N–H and O–H groups in total. The lowest BCUT2D eigenvalue weighted by Gasteiger charge is -2.36. The summed E-state index contributed by atoms with van der Waals surface area (Å²) in [6, 6.07) is 0.205. The Hall–Kier alpha value is -0.850. The van der Waals surface area contributed by atoms with Crippen LogP contribution in [-0.2, 0) is 9.59 Å². The Morgan fingerprint density at radius 3 is 2.25 bits per heavy atom. The number of carbonyl (C=O) groups is 2. The van der Waals surface area contributed by atoms with Gasteiger partial charge >= 0.3 is 0 Å². The Bertz CT molecular complexity index is 345. The highest BCUT2D eigenvalue weighted by atomic mass is 35.5. The minimum atomic E-state index is 0. The molecular formula is C13H25ClN4O2. The molecule has 0 aromatic rings. The van der Waals surface area contributed by atoms with Gasteiger partial charge in [0.15, 0.2) is 0 Å². The summed E-state index contributed by atoms with van der Waals surface area (Å²) in [5.74, 6) is 0.256. The fourth-order valence-corrected chi connectivity index (χ4v) is 2.80. The van der Waals surface area contributed by atoms with Gasteiger partial charge in [0.05, 0.1) is 6.54 Å². The highest BCUT2D eigenvalue weighted by molar-refractivity contribution is 5.85. The van der Waals surface area contributed by atoms with Gasteiger partial charge in [0.1, 0.15) is 0 Å². The Balaban J connectivity index is 0.00000200. The summed E-state index contributed by atoms with van der Waals surface area (Å²) in [5.41, 5.74) is 5.92. The lowest BCUT2D eigenvalue weighted by Crippen LogP contribution is -2.53. The van der Waals surface area contributed by atoms with Crippen molar-refractivity contribution in [3.05, 3.63) is 0 Å². The van der Waals surface area contributed by atoms with Crippen LogP contribution in [0.25, 0.3) is 0 Å². The summed E-state index contributed by atoms with van der Waals surface area (Å²) in [7, 11) is 0. The van der Waals surface area contributed by atoms with Crippen molar-refractivity contribution in [3.63, 3.8) is 0 Å². The van der Waals surface area contributed by atoms with Gasteiger partial charge < -0.3 is 15.5 Å². The van der Waals surface area contributed by atoms with Crippen LogP contribution >= 0.6 is 12.4 Å². The molecule has 0 spiro atoms. The molecule has 0 aliphatic carbocycles. The second-order valence-corrected chi connectivity index (χ2v) is 5.52. The molecule has 2 aliphatic heterocycles. The lowest BCUT2D eigenvalue weighted by atomic mass is 10.1. The Morgan fingerprint density at radius 2 is 1.70 bits per heavy atom. The van der Waals surface area contributed by atoms with Gasteiger partial charge in [-0.05, 0) is 19.4 Å². The molecule has 7 heteroatoms. The first-order valence-electron chi connectivity index (χ1n) is 7.07. The standard InChI is InChI=1S/C13H24N4O2.ClH/c1-11(18)16-5-7-17(8-6-16)13(19)10-15-4-2-3-12(14)9-15;/h12H,2-10,14H2,1H3;1H. The fraction of sp³-hybridized carbons (Fsp3) is 0.846. The number of rotatable bonds is 2. The summed E-state index contributed by atoms with van der Waals surface area (Å²) in [6.07, 6.45) is 2.13. The predicted molar refractivity (Wildman–Crippen MR) is 79.7 cm³/mol. The third-order valence-electron chi connectivity index (χ3n) is 3.98. The Labute approximate surface area is 126 Å². The van der Waals surface area contributed by atoms with E-state index >= 15 is 0 Å². The number of piperazine rings is 1. The van der Waals surface area contributed by atoms with Crippen molar-refractivity contribution in [2.24, 2.45) is 5.73 Å². The number of likely N-dealkylation sites (tertiary alicyclic amines) is 1. The Morgan fingerprint density at radius 1 is 1.10 bits per heavy atom. The average molecular weight is 305 g/mol. The predicted octanol–water partition coefficient (Wildman–Crippen LogP) is -0.478. The van der Waals surface area contributed by atoms with E-state index < -0.39 is 0 Å². The molecule has 2 fully saturated rings. The zero-order chi connectivity index (χ0) is 13.8. The van der Waals surface area contributed by atoms with Crippen LogP contribution in [-0.4, -0.2) is 78.4 Å². The average Bonchev–Trinajstić information content (AvgIpc) is 2.39. The molecule has 2 rings (SSSR count). The van der Waals surface area contributed by atoms with Crippen LogP contribution in [0.5, 0.6) is 0 Å². The number of piperidine rings is 1. The first-order valence-corrected chi connectivity index (χ1v) is 7.07. The van der Waals surface area contributed by atoms with Gasteiger partial charge in [0.2, 0.25) is 11.8 Å². The van der Waals surface area contributed by atoms with Gasteiger partial charge in [-0.3, -0.25) is 14.5 Å². The highest BCUT2D eigenvalue weighted by Crippen LogP contribution is 2.09. The number of nitrogens with two attached hydrogens (primary N) is 1. The maximum Gasteiger partial charge on any atom is 0.236 e. The quantitative estimate of drug-likeness (QED) is 0.748. The summed E-state index contributed by atoms with van der Waals surface area (Å²) in [6.45, 7) is 6.43. The lowest BCUT2D eigenvalue weighted by molar-refractivity contribution is -0.139. The van der Waals surface area contributed by atoms with Crippen LogP contribution in [0.4, 0.5) is 0 Å². The molecule has 20 heavy (non-hydrogen) atoms. The molecule has 0 aromatic heterocycles. The monoisotopic (exact) mass is 304 g/mol. The van der Waals surface area contributed by atoms with Crippen molar-refractivity contribution in [1.29, 1.82) is 0 Å². The molecule has 2 amide bonds. The molecular weight excluding hydrogens is 280 g/mol. The maximum absolute atomic E-state index is 12.2. The zero-order valence-electron chi connectivity index (χ0n) is 12.1. The van der Waals surface area contributed by atoms with Gasteiger partial charge in [-0.2, -0.15) is 0 Å². The number of amides is 2. The van der Waals surface area contributed by atoms with Crippen LogP contribution in [0.1, 0.15) is 19.8 Å². The fourth-order valence-electron chi connectivity index (χ4n) is 2.80. The normalized spacial score (nSPS) is 24.2. The third-order valence-corrected chi connectivity index (χ3v) is 3.98. The van der Waals surface area contributed by atoms with E-state index in [4.69, 9.17) is 5.73 Å². The van der Waals surface area contributed by atoms with Crippen molar-refractivity contribution >= 4 is 24.2 Å². The van der Waals surface area contributed by atoms with E-state index in [0.717, 1.165) is 25.9 Å². The van der Waals surface area contributed by atoms with Gasteiger partial charge in [-0.15, -0.1) is 12.4 Å². The van der Waals surface area contributed by atoms with Gasteiger partial charge in [0, 0.05) is 45.7 Å². The van der Waals surface area contributed by atoms with E-state index in [0.29, 0.717) is 32.7 Å². The van der Waals surface area contributed by atoms with Crippen LogP contribution in [0.3, 0.4) is 0 Å². The second kappa shape index (κ2) is 7.81. The third kappa shape index (κ3) is 4.61. The molecule has 0 saturated carbocycles. The molecule has 2 heterocycles. The van der Waals surface area contributed by atoms with Gasteiger partial charge in [-0.1, -0.05) is 0 Å². The number of hydrogen-bond donors (Lipinski definition) is 1. The van der Waals surface area contributed by atoms with Crippen LogP contribution < -0.4 is 5.73 Å². The first kappa shape index (κ1) is 17.2.